The molecule has 0 spiro atoms. The van der Waals surface area contributed by atoms with Crippen molar-refractivity contribution in [3.63, 3.8) is 0 Å². The molecule has 1 aliphatic rings. The number of phenols is 1. The van der Waals surface area contributed by atoms with Gasteiger partial charge in [-0.25, -0.2) is 4.39 Å². The molecule has 0 aromatic heterocycles. The molecule has 1 aliphatic heterocycles. The number of aromatic hydroxyl groups is 1. The van der Waals surface area contributed by atoms with Gasteiger partial charge in [-0.05, 0) is 25.5 Å². The molecule has 0 saturated carbocycles. The van der Waals surface area contributed by atoms with Crippen molar-refractivity contribution in [3.8, 4) is 5.75 Å². The number of carbonyl (C=O) groups excluding carboxylic acids is 1. The van der Waals surface area contributed by atoms with Crippen LogP contribution in [0.3, 0.4) is 0 Å². The Morgan fingerprint density at radius 1 is 1.59 bits per heavy atom. The monoisotopic (exact) mass is 239 g/mol. The molecule has 1 fully saturated rings. The fraction of sp³-hybridized carbons (Fsp3) is 0.417. The van der Waals surface area contributed by atoms with E-state index in [2.05, 4.69) is 5.32 Å². The summed E-state index contributed by atoms with van der Waals surface area (Å²) in [6.45, 7) is 2.43. The van der Waals surface area contributed by atoms with Crippen LogP contribution < -0.4 is 5.32 Å². The molecule has 1 aromatic carbocycles. The van der Waals surface area contributed by atoms with Crippen LogP contribution in [0, 0.1) is 5.82 Å². The molecule has 0 bridgehead atoms. The molecular weight excluding hydrogens is 225 g/mol. The smallest absolute Gasteiger partial charge is 0.258 e. The van der Waals surface area contributed by atoms with E-state index >= 15 is 0 Å². The number of amides is 1. The Balaban J connectivity index is 2.14. The van der Waals surface area contributed by atoms with E-state index in [1.807, 2.05) is 6.92 Å². The van der Waals surface area contributed by atoms with Gasteiger partial charge >= 0.3 is 0 Å². The second-order valence-corrected chi connectivity index (χ2v) is 4.08. The molecule has 1 heterocycles. The minimum atomic E-state index is -0.728. The number of rotatable bonds is 2. The Kier molecular flexibility index (Phi) is 3.28. The molecule has 5 heteroatoms. The fourth-order valence-electron chi connectivity index (χ4n) is 1.90. The van der Waals surface area contributed by atoms with E-state index < -0.39 is 11.7 Å². The van der Waals surface area contributed by atoms with E-state index in [1.54, 1.807) is 0 Å². The van der Waals surface area contributed by atoms with Gasteiger partial charge in [0.25, 0.3) is 5.91 Å². The van der Waals surface area contributed by atoms with Crippen molar-refractivity contribution in [2.75, 3.05) is 6.61 Å². The van der Waals surface area contributed by atoms with Crippen molar-refractivity contribution in [2.24, 2.45) is 0 Å². The van der Waals surface area contributed by atoms with Crippen molar-refractivity contribution < 1.29 is 19.0 Å². The summed E-state index contributed by atoms with van der Waals surface area (Å²) >= 11 is 0. The average Bonchev–Trinajstić information content (AvgIpc) is 2.64. The quantitative estimate of drug-likeness (QED) is 0.821. The normalized spacial score (nSPS) is 23.6. The molecule has 2 unspecified atom stereocenters. The zero-order valence-corrected chi connectivity index (χ0v) is 9.44. The van der Waals surface area contributed by atoms with Crippen LogP contribution in [0.25, 0.3) is 0 Å². The molecule has 2 rings (SSSR count). The van der Waals surface area contributed by atoms with E-state index in [0.29, 0.717) is 13.0 Å². The summed E-state index contributed by atoms with van der Waals surface area (Å²) in [6.07, 6.45) is 0.607. The van der Waals surface area contributed by atoms with E-state index in [1.165, 1.54) is 12.1 Å². The summed E-state index contributed by atoms with van der Waals surface area (Å²) in [7, 11) is 0. The largest absolute Gasteiger partial charge is 0.507 e. The third-order valence-electron chi connectivity index (χ3n) is 2.91. The number of ether oxygens (including phenoxy) is 1. The SMILES string of the molecule is CC1OCCC1NC(=O)c1c(O)cccc1F. The highest BCUT2D eigenvalue weighted by Crippen LogP contribution is 2.21. The minimum Gasteiger partial charge on any atom is -0.507 e. The van der Waals surface area contributed by atoms with Gasteiger partial charge < -0.3 is 15.2 Å². The van der Waals surface area contributed by atoms with Crippen LogP contribution in [-0.4, -0.2) is 29.8 Å². The maximum Gasteiger partial charge on any atom is 0.258 e. The van der Waals surface area contributed by atoms with Crippen molar-refractivity contribution in [2.45, 2.75) is 25.5 Å². The number of halogens is 1. The average molecular weight is 239 g/mol. The standard InChI is InChI=1S/C12H14FNO3/c1-7-9(5-6-17-7)14-12(16)11-8(13)3-2-4-10(11)15/h2-4,7,9,15H,5-6H2,1H3,(H,14,16). The molecule has 17 heavy (non-hydrogen) atoms. The molecule has 2 N–H and O–H groups in total. The van der Waals surface area contributed by atoms with Crippen LogP contribution in [0.4, 0.5) is 4.39 Å². The zero-order chi connectivity index (χ0) is 12.4. The van der Waals surface area contributed by atoms with Crippen LogP contribution in [0.1, 0.15) is 23.7 Å². The number of hydrogen-bond donors (Lipinski definition) is 2. The Morgan fingerprint density at radius 3 is 2.94 bits per heavy atom. The van der Waals surface area contributed by atoms with Gasteiger partial charge in [0.15, 0.2) is 0 Å². The predicted molar refractivity (Wildman–Crippen MR) is 59.4 cm³/mol. The summed E-state index contributed by atoms with van der Waals surface area (Å²) in [5.74, 6) is -1.69. The maximum atomic E-state index is 13.4. The topological polar surface area (TPSA) is 58.6 Å². The summed E-state index contributed by atoms with van der Waals surface area (Å²) in [5, 5.41) is 12.1. The van der Waals surface area contributed by atoms with Gasteiger partial charge in [-0.2, -0.15) is 0 Å². The van der Waals surface area contributed by atoms with Gasteiger partial charge in [-0.15, -0.1) is 0 Å². The lowest BCUT2D eigenvalue weighted by Crippen LogP contribution is -2.39. The van der Waals surface area contributed by atoms with Crippen molar-refractivity contribution in [1.29, 1.82) is 0 Å². The van der Waals surface area contributed by atoms with E-state index in [-0.39, 0.29) is 23.5 Å². The van der Waals surface area contributed by atoms with Gasteiger partial charge in [0.05, 0.1) is 12.1 Å². The van der Waals surface area contributed by atoms with Crippen LogP contribution in [0.2, 0.25) is 0 Å². The molecule has 1 aromatic rings. The maximum absolute atomic E-state index is 13.4. The number of nitrogens with one attached hydrogen (secondary N) is 1. The highest BCUT2D eigenvalue weighted by Gasteiger charge is 2.27. The molecule has 0 aliphatic carbocycles. The number of carbonyl (C=O) groups is 1. The van der Waals surface area contributed by atoms with Crippen LogP contribution >= 0.6 is 0 Å². The van der Waals surface area contributed by atoms with Crippen molar-refractivity contribution in [3.05, 3.63) is 29.6 Å². The Hall–Kier alpha value is -1.62. The molecule has 2 atom stereocenters. The van der Waals surface area contributed by atoms with E-state index in [4.69, 9.17) is 4.74 Å². The molecule has 1 saturated heterocycles. The van der Waals surface area contributed by atoms with Crippen molar-refractivity contribution in [1.82, 2.24) is 5.32 Å². The van der Waals surface area contributed by atoms with Gasteiger partial charge in [-0.1, -0.05) is 6.07 Å². The number of benzene rings is 1. The van der Waals surface area contributed by atoms with Gasteiger partial charge in [0.1, 0.15) is 17.1 Å². The van der Waals surface area contributed by atoms with E-state index in [0.717, 1.165) is 6.07 Å². The lowest BCUT2D eigenvalue weighted by Gasteiger charge is -2.16. The van der Waals surface area contributed by atoms with Crippen LogP contribution in [0.5, 0.6) is 5.75 Å². The van der Waals surface area contributed by atoms with Crippen LogP contribution in [-0.2, 0) is 4.74 Å². The Morgan fingerprint density at radius 2 is 2.35 bits per heavy atom. The first-order valence-corrected chi connectivity index (χ1v) is 5.49. The lowest BCUT2D eigenvalue weighted by atomic mass is 10.1. The van der Waals surface area contributed by atoms with Gasteiger partial charge in [0, 0.05) is 6.61 Å². The highest BCUT2D eigenvalue weighted by atomic mass is 19.1. The first kappa shape index (κ1) is 11.9. The molecular formula is C12H14FNO3. The zero-order valence-electron chi connectivity index (χ0n) is 9.44. The van der Waals surface area contributed by atoms with Crippen LogP contribution in [0.15, 0.2) is 18.2 Å². The highest BCUT2D eigenvalue weighted by molar-refractivity contribution is 5.97. The first-order valence-electron chi connectivity index (χ1n) is 5.49. The minimum absolute atomic E-state index is 0.0899. The summed E-state index contributed by atoms with van der Waals surface area (Å²) in [4.78, 5) is 11.8. The second kappa shape index (κ2) is 4.71. The third-order valence-corrected chi connectivity index (χ3v) is 2.91. The van der Waals surface area contributed by atoms with Gasteiger partial charge in [-0.3, -0.25) is 4.79 Å². The Labute approximate surface area is 98.4 Å². The lowest BCUT2D eigenvalue weighted by molar-refractivity contribution is 0.0860. The number of phenolic OH excluding ortho intramolecular Hbond substituents is 1. The second-order valence-electron chi connectivity index (χ2n) is 4.08. The molecule has 0 radical (unpaired) electrons. The molecule has 4 nitrogen and oxygen atoms in total. The Bertz CT molecular complexity index is 416. The molecule has 1 amide bonds. The summed E-state index contributed by atoms with van der Waals surface area (Å²) in [6, 6.07) is 3.64. The third kappa shape index (κ3) is 2.39. The summed E-state index contributed by atoms with van der Waals surface area (Å²) < 4.78 is 18.7. The first-order chi connectivity index (χ1) is 8.09. The predicted octanol–water partition coefficient (Wildman–Crippen LogP) is 1.44. The summed E-state index contributed by atoms with van der Waals surface area (Å²) in [5.41, 5.74) is -0.313. The number of hydrogen-bond acceptors (Lipinski definition) is 3. The van der Waals surface area contributed by atoms with Gasteiger partial charge in [0.2, 0.25) is 0 Å². The van der Waals surface area contributed by atoms with E-state index in [9.17, 15) is 14.3 Å². The van der Waals surface area contributed by atoms with Crippen molar-refractivity contribution >= 4 is 5.91 Å². The fourth-order valence-corrected chi connectivity index (χ4v) is 1.90. The molecule has 92 valence electrons.